The van der Waals surface area contributed by atoms with E-state index >= 15 is 0 Å². The largest absolute Gasteiger partial charge is 0.461 e. The number of hydrogen-bond acceptors (Lipinski definition) is 7. The van der Waals surface area contributed by atoms with E-state index in [1.54, 1.807) is 45.0 Å². The summed E-state index contributed by atoms with van der Waals surface area (Å²) in [6.45, 7) is 6.03. The van der Waals surface area contributed by atoms with Crippen LogP contribution in [0.1, 0.15) is 38.8 Å². The highest BCUT2D eigenvalue weighted by atomic mass is 32.2. The third-order valence-electron chi connectivity index (χ3n) is 2.69. The van der Waals surface area contributed by atoms with Gasteiger partial charge in [-0.2, -0.15) is 13.5 Å². The van der Waals surface area contributed by atoms with Crippen LogP contribution >= 0.6 is 0 Å². The third kappa shape index (κ3) is 8.50. The highest BCUT2D eigenvalue weighted by Gasteiger charge is 2.27. The second kappa shape index (κ2) is 8.30. The quantitative estimate of drug-likeness (QED) is 0.557. The number of carbonyl (C=O) groups excluding carboxylic acids is 2. The molecule has 0 aliphatic carbocycles. The molecule has 0 unspecified atom stereocenters. The van der Waals surface area contributed by atoms with Crippen LogP contribution < -0.4 is 0 Å². The zero-order valence-electron chi connectivity index (χ0n) is 14.9. The van der Waals surface area contributed by atoms with E-state index in [1.165, 1.54) is 6.92 Å². The Morgan fingerprint density at radius 3 is 2.16 bits per heavy atom. The third-order valence-corrected chi connectivity index (χ3v) is 3.14. The van der Waals surface area contributed by atoms with E-state index in [0.717, 1.165) is 6.26 Å². The summed E-state index contributed by atoms with van der Waals surface area (Å²) in [5.74, 6) is -0.453. The minimum absolute atomic E-state index is 0.00740. The van der Waals surface area contributed by atoms with Crippen LogP contribution in [-0.2, 0) is 41.8 Å². The number of benzene rings is 1. The van der Waals surface area contributed by atoms with Crippen LogP contribution in [0.3, 0.4) is 0 Å². The summed E-state index contributed by atoms with van der Waals surface area (Å²) in [7, 11) is -3.94. The van der Waals surface area contributed by atoms with Gasteiger partial charge in [0.2, 0.25) is 0 Å². The van der Waals surface area contributed by atoms with Crippen LogP contribution in [0.4, 0.5) is 4.79 Å². The number of carbonyl (C=O) groups is 2. The molecule has 25 heavy (non-hydrogen) atoms. The molecule has 0 saturated heterocycles. The molecule has 0 radical (unpaired) electrons. The highest BCUT2D eigenvalue weighted by Crippen LogP contribution is 2.17. The Kier molecular flexibility index (Phi) is 6.95. The summed E-state index contributed by atoms with van der Waals surface area (Å²) in [5, 5.41) is 0.618. The van der Waals surface area contributed by atoms with Crippen molar-refractivity contribution >= 4 is 22.2 Å². The first-order valence-corrected chi connectivity index (χ1v) is 9.29. The fraction of sp³-hybridized carbons (Fsp3) is 0.500. The van der Waals surface area contributed by atoms with E-state index in [2.05, 4.69) is 0 Å². The smallest absolute Gasteiger partial charge is 0.435 e. The summed E-state index contributed by atoms with van der Waals surface area (Å²) in [5.41, 5.74) is 0.342. The monoisotopic (exact) mass is 373 g/mol. The van der Waals surface area contributed by atoms with E-state index in [4.69, 9.17) is 13.8 Å². The lowest BCUT2D eigenvalue weighted by Gasteiger charge is -2.26. The Labute approximate surface area is 147 Å². The molecular weight excluding hydrogens is 350 g/mol. The van der Waals surface area contributed by atoms with Crippen molar-refractivity contribution in [3.63, 3.8) is 0 Å². The van der Waals surface area contributed by atoms with Crippen LogP contribution in [0.25, 0.3) is 0 Å². The van der Waals surface area contributed by atoms with Crippen LogP contribution in [0.2, 0.25) is 0 Å². The van der Waals surface area contributed by atoms with Crippen molar-refractivity contribution in [2.75, 3.05) is 6.26 Å². The molecule has 140 valence electrons. The SMILES string of the molecule is CC(=O)OCc1ccccc1CN(OS(C)(=O)=O)C(=O)OC(C)(C)C. The number of nitrogens with zero attached hydrogens (tertiary/aromatic N) is 1. The minimum atomic E-state index is -3.94. The fourth-order valence-corrected chi connectivity index (χ4v) is 2.22. The molecule has 1 amide bonds. The summed E-state index contributed by atoms with van der Waals surface area (Å²) < 4.78 is 37.8. The molecule has 0 fully saturated rings. The molecular formula is C16H23NO7S. The molecule has 0 aromatic heterocycles. The van der Waals surface area contributed by atoms with Gasteiger partial charge in [-0.3, -0.25) is 4.79 Å². The molecule has 0 heterocycles. The highest BCUT2D eigenvalue weighted by molar-refractivity contribution is 7.85. The topological polar surface area (TPSA) is 99.2 Å². The molecule has 0 spiro atoms. The molecule has 0 atom stereocenters. The number of esters is 1. The Hall–Kier alpha value is -2.13. The molecule has 0 aliphatic heterocycles. The minimum Gasteiger partial charge on any atom is -0.461 e. The molecule has 0 saturated carbocycles. The van der Waals surface area contributed by atoms with Crippen molar-refractivity contribution < 1.29 is 31.8 Å². The number of rotatable bonds is 6. The fourth-order valence-electron chi connectivity index (χ4n) is 1.78. The first-order valence-electron chi connectivity index (χ1n) is 7.47. The average molecular weight is 373 g/mol. The molecule has 8 nitrogen and oxygen atoms in total. The predicted octanol–water partition coefficient (Wildman–Crippen LogP) is 2.38. The number of hydroxylamine groups is 2. The Bertz CT molecular complexity index is 722. The molecule has 1 aromatic rings. The van der Waals surface area contributed by atoms with Crippen LogP contribution in [0.5, 0.6) is 0 Å². The number of amides is 1. The van der Waals surface area contributed by atoms with E-state index in [1.807, 2.05) is 0 Å². The van der Waals surface area contributed by atoms with Gasteiger partial charge in [-0.05, 0) is 31.9 Å². The van der Waals surface area contributed by atoms with E-state index < -0.39 is 27.8 Å². The van der Waals surface area contributed by atoms with Gasteiger partial charge in [-0.15, -0.1) is 4.28 Å². The number of ether oxygens (including phenoxy) is 2. The maximum atomic E-state index is 12.2. The first-order chi connectivity index (χ1) is 11.4. The van der Waals surface area contributed by atoms with Gasteiger partial charge in [0.25, 0.3) is 10.1 Å². The van der Waals surface area contributed by atoms with E-state index in [9.17, 15) is 18.0 Å². The summed E-state index contributed by atoms with van der Waals surface area (Å²) in [6.07, 6.45) is -0.116. The van der Waals surface area contributed by atoms with E-state index in [-0.39, 0.29) is 13.2 Å². The molecule has 1 aromatic carbocycles. The normalized spacial score (nSPS) is 11.7. The lowest BCUT2D eigenvalue weighted by molar-refractivity contribution is -0.142. The first kappa shape index (κ1) is 20.9. The number of hydrogen-bond donors (Lipinski definition) is 0. The second-order valence-electron chi connectivity index (χ2n) is 6.34. The summed E-state index contributed by atoms with van der Waals surface area (Å²) in [4.78, 5) is 23.2. The van der Waals surface area contributed by atoms with Gasteiger partial charge in [-0.1, -0.05) is 24.3 Å². The average Bonchev–Trinajstić information content (AvgIpc) is 2.42. The van der Waals surface area contributed by atoms with Gasteiger partial charge in [0.1, 0.15) is 12.2 Å². The van der Waals surface area contributed by atoms with Gasteiger partial charge < -0.3 is 9.47 Å². The molecule has 0 N–H and O–H groups in total. The zero-order valence-corrected chi connectivity index (χ0v) is 15.8. The Morgan fingerprint density at radius 1 is 1.12 bits per heavy atom. The standard InChI is InChI=1S/C16H23NO7S/c1-12(18)22-11-14-9-7-6-8-13(14)10-17(24-25(5,20)21)15(19)23-16(2,3)4/h6-9H,10-11H2,1-5H3. The lowest BCUT2D eigenvalue weighted by Crippen LogP contribution is -2.38. The molecule has 9 heteroatoms. The second-order valence-corrected chi connectivity index (χ2v) is 7.90. The Balaban J connectivity index is 3.05. The van der Waals surface area contributed by atoms with Crippen molar-refractivity contribution in [1.82, 2.24) is 5.06 Å². The van der Waals surface area contributed by atoms with Crippen molar-refractivity contribution in [1.29, 1.82) is 0 Å². The van der Waals surface area contributed by atoms with Crippen molar-refractivity contribution in [3.05, 3.63) is 35.4 Å². The molecule has 1 rings (SSSR count). The van der Waals surface area contributed by atoms with Gasteiger partial charge in [-0.25, -0.2) is 4.79 Å². The molecule has 0 aliphatic rings. The maximum Gasteiger partial charge on any atom is 0.435 e. The van der Waals surface area contributed by atoms with Crippen molar-refractivity contribution in [2.45, 2.75) is 46.4 Å². The van der Waals surface area contributed by atoms with Gasteiger partial charge in [0.05, 0.1) is 12.8 Å². The van der Waals surface area contributed by atoms with Crippen LogP contribution in [0, 0.1) is 0 Å². The Morgan fingerprint density at radius 2 is 1.68 bits per heavy atom. The van der Waals surface area contributed by atoms with Gasteiger partial charge >= 0.3 is 12.1 Å². The van der Waals surface area contributed by atoms with Crippen molar-refractivity contribution in [2.24, 2.45) is 0 Å². The van der Waals surface area contributed by atoms with Crippen LogP contribution in [-0.4, -0.2) is 37.4 Å². The summed E-state index contributed by atoms with van der Waals surface area (Å²) in [6, 6.07) is 6.81. The van der Waals surface area contributed by atoms with Gasteiger partial charge in [0.15, 0.2) is 0 Å². The van der Waals surface area contributed by atoms with E-state index in [0.29, 0.717) is 16.2 Å². The predicted molar refractivity (Wildman–Crippen MR) is 89.6 cm³/mol. The zero-order chi connectivity index (χ0) is 19.3. The van der Waals surface area contributed by atoms with Crippen molar-refractivity contribution in [3.8, 4) is 0 Å². The van der Waals surface area contributed by atoms with Gasteiger partial charge in [0, 0.05) is 6.92 Å². The lowest BCUT2D eigenvalue weighted by atomic mass is 10.1. The maximum absolute atomic E-state index is 12.2. The molecule has 0 bridgehead atoms. The summed E-state index contributed by atoms with van der Waals surface area (Å²) >= 11 is 0. The van der Waals surface area contributed by atoms with Crippen LogP contribution in [0.15, 0.2) is 24.3 Å².